The zero-order chi connectivity index (χ0) is 15.2. The maximum absolute atomic E-state index is 10.5. The SMILES string of the molecule is CCc1nn(CC)c(CC(O)CC2CCCCCC2)c1Cl. The Morgan fingerprint density at radius 2 is 1.90 bits per heavy atom. The molecule has 1 aliphatic rings. The molecular formula is C17H29ClN2O. The van der Waals surface area contributed by atoms with Crippen LogP contribution in [0.5, 0.6) is 0 Å². The number of rotatable bonds is 6. The molecule has 1 aliphatic carbocycles. The summed E-state index contributed by atoms with van der Waals surface area (Å²) < 4.78 is 1.96. The van der Waals surface area contributed by atoms with Crippen LogP contribution < -0.4 is 0 Å². The minimum Gasteiger partial charge on any atom is -0.393 e. The quantitative estimate of drug-likeness (QED) is 0.791. The van der Waals surface area contributed by atoms with Crippen LogP contribution >= 0.6 is 11.6 Å². The Balaban J connectivity index is 1.98. The van der Waals surface area contributed by atoms with Crippen molar-refractivity contribution >= 4 is 11.6 Å². The van der Waals surface area contributed by atoms with E-state index < -0.39 is 0 Å². The van der Waals surface area contributed by atoms with E-state index in [1.165, 1.54) is 38.5 Å². The lowest BCUT2D eigenvalue weighted by Gasteiger charge is -2.19. The monoisotopic (exact) mass is 312 g/mol. The summed E-state index contributed by atoms with van der Waals surface area (Å²) in [5, 5.41) is 15.8. The molecule has 0 spiro atoms. The molecule has 1 unspecified atom stereocenters. The van der Waals surface area contributed by atoms with Crippen molar-refractivity contribution in [2.75, 3.05) is 0 Å². The highest BCUT2D eigenvalue weighted by atomic mass is 35.5. The summed E-state index contributed by atoms with van der Waals surface area (Å²) in [7, 11) is 0. The number of halogens is 1. The van der Waals surface area contributed by atoms with Gasteiger partial charge in [0, 0.05) is 13.0 Å². The van der Waals surface area contributed by atoms with Crippen molar-refractivity contribution in [1.82, 2.24) is 9.78 Å². The first-order valence-corrected chi connectivity index (χ1v) is 8.95. The molecular weight excluding hydrogens is 284 g/mol. The minimum atomic E-state index is -0.294. The van der Waals surface area contributed by atoms with E-state index in [9.17, 15) is 5.11 Å². The van der Waals surface area contributed by atoms with Gasteiger partial charge in [0.2, 0.25) is 0 Å². The van der Waals surface area contributed by atoms with Gasteiger partial charge in [0.05, 0.1) is 22.5 Å². The second kappa shape index (κ2) is 8.19. The molecule has 3 nitrogen and oxygen atoms in total. The van der Waals surface area contributed by atoms with Crippen LogP contribution in [0.25, 0.3) is 0 Å². The van der Waals surface area contributed by atoms with Crippen molar-refractivity contribution < 1.29 is 5.11 Å². The van der Waals surface area contributed by atoms with E-state index in [-0.39, 0.29) is 6.10 Å². The molecule has 0 radical (unpaired) electrons. The zero-order valence-electron chi connectivity index (χ0n) is 13.4. The highest BCUT2D eigenvalue weighted by Gasteiger charge is 2.21. The van der Waals surface area contributed by atoms with Crippen LogP contribution in [-0.2, 0) is 19.4 Å². The molecule has 1 atom stereocenters. The molecule has 120 valence electrons. The van der Waals surface area contributed by atoms with Crippen molar-refractivity contribution in [3.05, 3.63) is 16.4 Å². The second-order valence-electron chi connectivity index (χ2n) is 6.33. The Labute approximate surface area is 133 Å². The van der Waals surface area contributed by atoms with Gasteiger partial charge < -0.3 is 5.11 Å². The molecule has 0 bridgehead atoms. The number of hydrogen-bond donors (Lipinski definition) is 1. The van der Waals surface area contributed by atoms with Gasteiger partial charge in [0.15, 0.2) is 0 Å². The lowest BCUT2D eigenvalue weighted by atomic mass is 9.92. The molecule has 1 aromatic rings. The Kier molecular flexibility index (Phi) is 6.56. The van der Waals surface area contributed by atoms with Crippen LogP contribution in [-0.4, -0.2) is 21.0 Å². The topological polar surface area (TPSA) is 38.0 Å². The first-order chi connectivity index (χ1) is 10.2. The van der Waals surface area contributed by atoms with Gasteiger partial charge in [-0.1, -0.05) is 57.0 Å². The lowest BCUT2D eigenvalue weighted by Crippen LogP contribution is -2.18. The van der Waals surface area contributed by atoms with Gasteiger partial charge in [-0.15, -0.1) is 0 Å². The van der Waals surface area contributed by atoms with E-state index in [4.69, 9.17) is 11.6 Å². The smallest absolute Gasteiger partial charge is 0.0850 e. The number of hydrogen-bond acceptors (Lipinski definition) is 2. The van der Waals surface area contributed by atoms with Gasteiger partial charge in [0.1, 0.15) is 0 Å². The second-order valence-corrected chi connectivity index (χ2v) is 6.71. The summed E-state index contributed by atoms with van der Waals surface area (Å²) in [6.07, 6.45) is 10.0. The predicted octanol–water partition coefficient (Wildman–Crippen LogP) is 4.38. The molecule has 1 saturated carbocycles. The van der Waals surface area contributed by atoms with Gasteiger partial charge in [-0.3, -0.25) is 4.68 Å². The molecule has 1 aromatic heterocycles. The lowest BCUT2D eigenvalue weighted by molar-refractivity contribution is 0.135. The number of nitrogens with zero attached hydrogens (tertiary/aromatic N) is 2. The zero-order valence-corrected chi connectivity index (χ0v) is 14.2. The van der Waals surface area contributed by atoms with Crippen LogP contribution in [0.4, 0.5) is 0 Å². The first-order valence-electron chi connectivity index (χ1n) is 8.57. The fourth-order valence-electron chi connectivity index (χ4n) is 3.50. The maximum atomic E-state index is 10.5. The van der Waals surface area contributed by atoms with Crippen molar-refractivity contribution in [3.8, 4) is 0 Å². The van der Waals surface area contributed by atoms with Gasteiger partial charge in [0.25, 0.3) is 0 Å². The normalized spacial score (nSPS) is 18.7. The molecule has 1 N–H and O–H groups in total. The average molecular weight is 313 g/mol. The summed E-state index contributed by atoms with van der Waals surface area (Å²) in [6.45, 7) is 4.95. The van der Waals surface area contributed by atoms with E-state index in [1.807, 2.05) is 4.68 Å². The third-order valence-electron chi connectivity index (χ3n) is 4.70. The van der Waals surface area contributed by atoms with Crippen LogP contribution in [0.1, 0.15) is 70.2 Å². The maximum Gasteiger partial charge on any atom is 0.0850 e. The van der Waals surface area contributed by atoms with Crippen LogP contribution in [0.2, 0.25) is 5.02 Å². The Morgan fingerprint density at radius 1 is 1.24 bits per heavy atom. The van der Waals surface area contributed by atoms with E-state index in [2.05, 4.69) is 18.9 Å². The minimum absolute atomic E-state index is 0.294. The van der Waals surface area contributed by atoms with Gasteiger partial charge in [-0.2, -0.15) is 5.10 Å². The third kappa shape index (κ3) is 4.46. The van der Waals surface area contributed by atoms with Crippen LogP contribution in [0.3, 0.4) is 0 Å². The summed E-state index contributed by atoms with van der Waals surface area (Å²) in [5.41, 5.74) is 1.97. The number of aliphatic hydroxyl groups excluding tert-OH is 1. The van der Waals surface area contributed by atoms with Crippen molar-refractivity contribution in [2.45, 2.75) is 84.3 Å². The molecule has 0 aromatic carbocycles. The average Bonchev–Trinajstić information content (AvgIpc) is 2.66. The van der Waals surface area contributed by atoms with Gasteiger partial charge in [-0.25, -0.2) is 0 Å². The first kappa shape index (κ1) is 16.8. The van der Waals surface area contributed by atoms with E-state index >= 15 is 0 Å². The summed E-state index contributed by atoms with van der Waals surface area (Å²) in [4.78, 5) is 0. The van der Waals surface area contributed by atoms with E-state index in [0.717, 1.165) is 35.8 Å². The standard InChI is InChI=1S/C17H29ClN2O/c1-3-15-17(18)16(20(4-2)19-15)12-14(21)11-13-9-7-5-6-8-10-13/h13-14,21H,3-12H2,1-2H3. The highest BCUT2D eigenvalue weighted by Crippen LogP contribution is 2.29. The van der Waals surface area contributed by atoms with Crippen LogP contribution in [0, 0.1) is 5.92 Å². The largest absolute Gasteiger partial charge is 0.393 e. The summed E-state index contributed by atoms with van der Waals surface area (Å²) in [5.74, 6) is 0.685. The predicted molar refractivity (Wildman–Crippen MR) is 87.8 cm³/mol. The molecule has 2 rings (SSSR count). The molecule has 0 amide bonds. The van der Waals surface area contributed by atoms with Crippen molar-refractivity contribution in [2.24, 2.45) is 5.92 Å². The highest BCUT2D eigenvalue weighted by molar-refractivity contribution is 6.31. The molecule has 0 aliphatic heterocycles. The number of aryl methyl sites for hydroxylation is 2. The third-order valence-corrected chi connectivity index (χ3v) is 5.14. The molecule has 0 saturated heterocycles. The van der Waals surface area contributed by atoms with Crippen molar-refractivity contribution in [1.29, 1.82) is 0 Å². The van der Waals surface area contributed by atoms with E-state index in [0.29, 0.717) is 12.3 Å². The fourth-order valence-corrected chi connectivity index (χ4v) is 3.85. The van der Waals surface area contributed by atoms with Gasteiger partial charge in [-0.05, 0) is 25.7 Å². The number of aromatic nitrogens is 2. The van der Waals surface area contributed by atoms with E-state index in [1.54, 1.807) is 0 Å². The molecule has 4 heteroatoms. The van der Waals surface area contributed by atoms with Crippen LogP contribution in [0.15, 0.2) is 0 Å². The Bertz CT molecular complexity index is 436. The number of aliphatic hydroxyl groups is 1. The summed E-state index contributed by atoms with van der Waals surface area (Å²) >= 11 is 6.43. The van der Waals surface area contributed by atoms with Gasteiger partial charge >= 0.3 is 0 Å². The Hall–Kier alpha value is -0.540. The summed E-state index contributed by atoms with van der Waals surface area (Å²) in [6, 6.07) is 0. The molecule has 1 fully saturated rings. The van der Waals surface area contributed by atoms with Crippen molar-refractivity contribution in [3.63, 3.8) is 0 Å². The molecule has 1 heterocycles. The Morgan fingerprint density at radius 3 is 2.48 bits per heavy atom. The molecule has 21 heavy (non-hydrogen) atoms. The fraction of sp³-hybridized carbons (Fsp3) is 0.824.